The summed E-state index contributed by atoms with van der Waals surface area (Å²) in [6, 6.07) is 17.4. The van der Waals surface area contributed by atoms with Gasteiger partial charge in [-0.1, -0.05) is 48.0 Å². The van der Waals surface area contributed by atoms with Gasteiger partial charge in [-0.25, -0.2) is 5.48 Å². The molecule has 5 nitrogen and oxygen atoms in total. The van der Waals surface area contributed by atoms with E-state index in [1.165, 1.54) is 0 Å². The van der Waals surface area contributed by atoms with Crippen molar-refractivity contribution in [3.8, 4) is 0 Å². The van der Waals surface area contributed by atoms with Crippen LogP contribution in [0.25, 0.3) is 0 Å². The lowest BCUT2D eigenvalue weighted by Gasteiger charge is -2.16. The molecule has 1 atom stereocenters. The smallest absolute Gasteiger partial charge is 0.251 e. The fourth-order valence-electron chi connectivity index (χ4n) is 2.49. The van der Waals surface area contributed by atoms with Crippen molar-refractivity contribution in [2.75, 3.05) is 19.7 Å². The minimum Gasteiger partial charge on any atom is -0.376 e. The standard InChI is InChI=1S/C20H26N2O3/c1-16-7-9-19(10-8-16)20(23)21-12-11-18(13-22-24)15-25-14-17-5-3-2-4-6-17/h2-10,18,22,24H,11-15H2,1H3,(H,21,23). The third kappa shape index (κ3) is 7.05. The van der Waals surface area contributed by atoms with Crippen LogP contribution in [0.1, 0.15) is 27.9 Å². The number of hydrogen-bond acceptors (Lipinski definition) is 4. The minimum atomic E-state index is -0.0825. The Bertz CT molecular complexity index is 629. The fraction of sp³-hybridized carbons (Fsp3) is 0.350. The number of aryl methyl sites for hydroxylation is 1. The van der Waals surface area contributed by atoms with Gasteiger partial charge in [-0.2, -0.15) is 0 Å². The van der Waals surface area contributed by atoms with Gasteiger partial charge in [0.15, 0.2) is 0 Å². The Hall–Kier alpha value is -2.21. The van der Waals surface area contributed by atoms with Crippen LogP contribution < -0.4 is 10.8 Å². The Balaban J connectivity index is 1.71. The van der Waals surface area contributed by atoms with E-state index in [4.69, 9.17) is 9.94 Å². The van der Waals surface area contributed by atoms with E-state index in [-0.39, 0.29) is 11.8 Å². The molecule has 1 amide bonds. The highest BCUT2D eigenvalue weighted by atomic mass is 16.5. The summed E-state index contributed by atoms with van der Waals surface area (Å²) in [7, 11) is 0. The first-order chi connectivity index (χ1) is 12.2. The second-order valence-electron chi connectivity index (χ2n) is 6.14. The first kappa shape index (κ1) is 19.1. The van der Waals surface area contributed by atoms with Crippen molar-refractivity contribution in [1.82, 2.24) is 10.8 Å². The molecule has 2 rings (SSSR count). The van der Waals surface area contributed by atoms with Crippen molar-refractivity contribution in [3.63, 3.8) is 0 Å². The maximum atomic E-state index is 12.1. The first-order valence-electron chi connectivity index (χ1n) is 8.52. The van der Waals surface area contributed by atoms with Crippen molar-refractivity contribution < 1.29 is 14.7 Å². The zero-order valence-electron chi connectivity index (χ0n) is 14.6. The summed E-state index contributed by atoms with van der Waals surface area (Å²) in [5.74, 6) is 0.0351. The van der Waals surface area contributed by atoms with E-state index in [1.54, 1.807) is 0 Å². The largest absolute Gasteiger partial charge is 0.376 e. The van der Waals surface area contributed by atoms with Gasteiger partial charge in [-0.15, -0.1) is 0 Å². The first-order valence-corrected chi connectivity index (χ1v) is 8.52. The molecule has 0 spiro atoms. The number of nitrogens with one attached hydrogen (secondary N) is 2. The number of rotatable bonds is 10. The van der Waals surface area contributed by atoms with E-state index < -0.39 is 0 Å². The van der Waals surface area contributed by atoms with Gasteiger partial charge < -0.3 is 15.3 Å². The van der Waals surface area contributed by atoms with Crippen LogP contribution in [0.15, 0.2) is 54.6 Å². The lowest BCUT2D eigenvalue weighted by atomic mass is 10.1. The van der Waals surface area contributed by atoms with Crippen LogP contribution in [0.3, 0.4) is 0 Å². The van der Waals surface area contributed by atoms with Crippen LogP contribution in [-0.4, -0.2) is 30.8 Å². The summed E-state index contributed by atoms with van der Waals surface area (Å²) in [4.78, 5) is 12.1. The van der Waals surface area contributed by atoms with Crippen molar-refractivity contribution in [2.24, 2.45) is 5.92 Å². The lowest BCUT2D eigenvalue weighted by Crippen LogP contribution is -2.30. The molecule has 0 saturated carbocycles. The van der Waals surface area contributed by atoms with Crippen LogP contribution >= 0.6 is 0 Å². The second-order valence-corrected chi connectivity index (χ2v) is 6.14. The van der Waals surface area contributed by atoms with Crippen molar-refractivity contribution >= 4 is 5.91 Å². The molecule has 0 bridgehead atoms. The van der Waals surface area contributed by atoms with Crippen molar-refractivity contribution in [2.45, 2.75) is 20.0 Å². The molecule has 25 heavy (non-hydrogen) atoms. The van der Waals surface area contributed by atoms with Crippen LogP contribution in [-0.2, 0) is 11.3 Å². The second kappa shape index (κ2) is 10.6. The minimum absolute atomic E-state index is 0.0825. The average molecular weight is 342 g/mol. The molecule has 0 aliphatic carbocycles. The lowest BCUT2D eigenvalue weighted by molar-refractivity contribution is 0.0622. The number of hydroxylamine groups is 1. The monoisotopic (exact) mass is 342 g/mol. The van der Waals surface area contributed by atoms with E-state index in [2.05, 4.69) is 10.8 Å². The molecular formula is C20H26N2O3. The molecule has 0 heterocycles. The molecule has 0 radical (unpaired) electrons. The number of carbonyl (C=O) groups is 1. The number of ether oxygens (including phenoxy) is 1. The quantitative estimate of drug-likeness (QED) is 0.581. The zero-order valence-corrected chi connectivity index (χ0v) is 14.6. The average Bonchev–Trinajstić information content (AvgIpc) is 2.63. The van der Waals surface area contributed by atoms with Crippen molar-refractivity contribution in [3.05, 3.63) is 71.3 Å². The maximum absolute atomic E-state index is 12.1. The van der Waals surface area contributed by atoms with Gasteiger partial charge in [0.2, 0.25) is 0 Å². The van der Waals surface area contributed by atoms with Crippen LogP contribution in [0.4, 0.5) is 0 Å². The summed E-state index contributed by atoms with van der Waals surface area (Å²) in [6.07, 6.45) is 0.722. The normalized spacial score (nSPS) is 11.9. The Morgan fingerprint density at radius 2 is 1.84 bits per heavy atom. The summed E-state index contributed by atoms with van der Waals surface area (Å²) < 4.78 is 5.73. The van der Waals surface area contributed by atoms with Gasteiger partial charge in [0, 0.05) is 18.7 Å². The number of carbonyl (C=O) groups excluding carboxylic acids is 1. The van der Waals surface area contributed by atoms with Crippen LogP contribution in [0, 0.1) is 12.8 Å². The Kier molecular flexibility index (Phi) is 8.12. The van der Waals surface area contributed by atoms with E-state index in [0.717, 1.165) is 17.5 Å². The highest BCUT2D eigenvalue weighted by molar-refractivity contribution is 5.94. The molecule has 0 fully saturated rings. The predicted octanol–water partition coefficient (Wildman–Crippen LogP) is 2.93. The number of amides is 1. The summed E-state index contributed by atoms with van der Waals surface area (Å²) in [5.41, 5.74) is 5.10. The molecule has 134 valence electrons. The molecule has 2 aromatic carbocycles. The number of hydrogen-bond donors (Lipinski definition) is 3. The Labute approximate surface area is 149 Å². The van der Waals surface area contributed by atoms with Crippen LogP contribution in [0.5, 0.6) is 0 Å². The van der Waals surface area contributed by atoms with Gasteiger partial charge in [-0.05, 0) is 37.0 Å². The highest BCUT2D eigenvalue weighted by Gasteiger charge is 2.11. The fourth-order valence-corrected chi connectivity index (χ4v) is 2.49. The molecule has 0 aliphatic rings. The molecule has 3 N–H and O–H groups in total. The molecule has 0 aliphatic heterocycles. The molecule has 0 aromatic heterocycles. The molecule has 5 heteroatoms. The Morgan fingerprint density at radius 3 is 2.52 bits per heavy atom. The zero-order chi connectivity index (χ0) is 17.9. The summed E-state index contributed by atoms with van der Waals surface area (Å²) in [5, 5.41) is 11.9. The molecular weight excluding hydrogens is 316 g/mol. The maximum Gasteiger partial charge on any atom is 0.251 e. The van der Waals surface area contributed by atoms with Crippen molar-refractivity contribution in [1.29, 1.82) is 0 Å². The number of benzene rings is 2. The third-order valence-corrected chi connectivity index (χ3v) is 4.00. The van der Waals surface area contributed by atoms with E-state index in [1.807, 2.05) is 61.5 Å². The topological polar surface area (TPSA) is 70.6 Å². The SMILES string of the molecule is Cc1ccc(C(=O)NCCC(CNO)COCc2ccccc2)cc1. The van der Waals surface area contributed by atoms with Gasteiger partial charge in [0.1, 0.15) is 0 Å². The van der Waals surface area contributed by atoms with Gasteiger partial charge >= 0.3 is 0 Å². The van der Waals surface area contributed by atoms with E-state index in [0.29, 0.717) is 31.9 Å². The molecule has 2 aromatic rings. The van der Waals surface area contributed by atoms with E-state index >= 15 is 0 Å². The third-order valence-electron chi connectivity index (χ3n) is 4.00. The summed E-state index contributed by atoms with van der Waals surface area (Å²) in [6.45, 7) is 4.01. The van der Waals surface area contributed by atoms with Gasteiger partial charge in [-0.3, -0.25) is 4.79 Å². The molecule has 1 unspecified atom stereocenters. The predicted molar refractivity (Wildman–Crippen MR) is 97.5 cm³/mol. The van der Waals surface area contributed by atoms with E-state index in [9.17, 15) is 4.79 Å². The van der Waals surface area contributed by atoms with Gasteiger partial charge in [0.05, 0.1) is 13.2 Å². The van der Waals surface area contributed by atoms with Gasteiger partial charge in [0.25, 0.3) is 5.91 Å². The Morgan fingerprint density at radius 1 is 1.12 bits per heavy atom. The van der Waals surface area contributed by atoms with Crippen LogP contribution in [0.2, 0.25) is 0 Å². The summed E-state index contributed by atoms with van der Waals surface area (Å²) >= 11 is 0. The molecule has 0 saturated heterocycles. The highest BCUT2D eigenvalue weighted by Crippen LogP contribution is 2.07.